The van der Waals surface area contributed by atoms with Gasteiger partial charge in [-0.3, -0.25) is 0 Å². The van der Waals surface area contributed by atoms with E-state index in [0.29, 0.717) is 18.2 Å². The normalized spacial score (nSPS) is 18.6. The van der Waals surface area contributed by atoms with Gasteiger partial charge < -0.3 is 9.67 Å². The van der Waals surface area contributed by atoms with Gasteiger partial charge in [0.05, 0.1) is 5.69 Å². The number of rotatable bonds is 2. The standard InChI is InChI=1S/C15H18N2O/c1-11-5-4-8-15-16-13(10-17(11)15)9-12-6-2-3-7-14(12)18/h2-3,6-7,10-11,18H,4-5,8-9H2,1H3. The number of hydrogen-bond donors (Lipinski definition) is 1. The maximum atomic E-state index is 9.79. The Morgan fingerprint density at radius 1 is 1.39 bits per heavy atom. The van der Waals surface area contributed by atoms with Gasteiger partial charge in [0.25, 0.3) is 0 Å². The van der Waals surface area contributed by atoms with E-state index in [1.807, 2.05) is 18.2 Å². The van der Waals surface area contributed by atoms with Crippen LogP contribution in [0.4, 0.5) is 0 Å². The summed E-state index contributed by atoms with van der Waals surface area (Å²) < 4.78 is 2.29. The minimum atomic E-state index is 0.358. The van der Waals surface area contributed by atoms with Crippen LogP contribution in [0, 0.1) is 0 Å². The van der Waals surface area contributed by atoms with Crippen molar-refractivity contribution < 1.29 is 5.11 Å². The molecule has 0 spiro atoms. The molecule has 2 aromatic rings. The second-order valence-electron chi connectivity index (χ2n) is 5.10. The smallest absolute Gasteiger partial charge is 0.119 e. The van der Waals surface area contributed by atoms with Crippen molar-refractivity contribution in [2.45, 2.75) is 38.6 Å². The van der Waals surface area contributed by atoms with Gasteiger partial charge in [-0.2, -0.15) is 0 Å². The van der Waals surface area contributed by atoms with Crippen molar-refractivity contribution in [1.29, 1.82) is 0 Å². The molecule has 1 unspecified atom stereocenters. The van der Waals surface area contributed by atoms with Gasteiger partial charge in [0.1, 0.15) is 11.6 Å². The number of fused-ring (bicyclic) bond motifs is 1. The van der Waals surface area contributed by atoms with E-state index in [1.54, 1.807) is 6.07 Å². The maximum Gasteiger partial charge on any atom is 0.119 e. The van der Waals surface area contributed by atoms with Gasteiger partial charge in [0.15, 0.2) is 0 Å². The molecule has 0 bridgehead atoms. The highest BCUT2D eigenvalue weighted by molar-refractivity contribution is 5.34. The lowest BCUT2D eigenvalue weighted by Crippen LogP contribution is -2.14. The van der Waals surface area contributed by atoms with Gasteiger partial charge in [-0.1, -0.05) is 18.2 Å². The number of para-hydroxylation sites is 1. The first-order valence-electron chi connectivity index (χ1n) is 6.57. The minimum absolute atomic E-state index is 0.358. The Balaban J connectivity index is 1.88. The first kappa shape index (κ1) is 11.3. The van der Waals surface area contributed by atoms with Crippen molar-refractivity contribution in [2.24, 2.45) is 0 Å². The zero-order valence-electron chi connectivity index (χ0n) is 10.6. The van der Waals surface area contributed by atoms with Crippen LogP contribution >= 0.6 is 0 Å². The molecule has 0 amide bonds. The van der Waals surface area contributed by atoms with E-state index >= 15 is 0 Å². The molecule has 3 nitrogen and oxygen atoms in total. The second kappa shape index (κ2) is 4.48. The van der Waals surface area contributed by atoms with Crippen LogP contribution < -0.4 is 0 Å². The summed E-state index contributed by atoms with van der Waals surface area (Å²) in [5.74, 6) is 1.55. The summed E-state index contributed by atoms with van der Waals surface area (Å²) >= 11 is 0. The Morgan fingerprint density at radius 3 is 3.00 bits per heavy atom. The summed E-state index contributed by atoms with van der Waals surface area (Å²) in [7, 11) is 0. The average Bonchev–Trinajstić information content (AvgIpc) is 2.76. The number of hydrogen-bond acceptors (Lipinski definition) is 2. The van der Waals surface area contributed by atoms with Crippen molar-refractivity contribution in [2.75, 3.05) is 0 Å². The van der Waals surface area contributed by atoms with E-state index < -0.39 is 0 Å². The zero-order valence-corrected chi connectivity index (χ0v) is 10.6. The lowest BCUT2D eigenvalue weighted by atomic mass is 10.1. The van der Waals surface area contributed by atoms with E-state index in [1.165, 1.54) is 18.7 Å². The highest BCUT2D eigenvalue weighted by Gasteiger charge is 2.18. The summed E-state index contributed by atoms with van der Waals surface area (Å²) in [6, 6.07) is 8.04. The Morgan fingerprint density at radius 2 is 2.22 bits per heavy atom. The molecule has 2 heterocycles. The highest BCUT2D eigenvalue weighted by atomic mass is 16.3. The van der Waals surface area contributed by atoms with Crippen LogP contribution in [0.3, 0.4) is 0 Å². The zero-order chi connectivity index (χ0) is 12.5. The topological polar surface area (TPSA) is 38.1 Å². The molecule has 3 heteroatoms. The van der Waals surface area contributed by atoms with E-state index in [0.717, 1.165) is 17.7 Å². The molecule has 0 saturated carbocycles. The third-order valence-electron chi connectivity index (χ3n) is 3.72. The monoisotopic (exact) mass is 242 g/mol. The third kappa shape index (κ3) is 2.01. The molecule has 1 aliphatic heterocycles. The Kier molecular flexibility index (Phi) is 2.82. The first-order valence-corrected chi connectivity index (χ1v) is 6.57. The number of imidazole rings is 1. The van der Waals surface area contributed by atoms with E-state index in [9.17, 15) is 5.11 Å². The lowest BCUT2D eigenvalue weighted by molar-refractivity contribution is 0.425. The van der Waals surface area contributed by atoms with Crippen molar-refractivity contribution in [1.82, 2.24) is 9.55 Å². The van der Waals surface area contributed by atoms with E-state index in [2.05, 4.69) is 22.7 Å². The van der Waals surface area contributed by atoms with Gasteiger partial charge in [0.2, 0.25) is 0 Å². The highest BCUT2D eigenvalue weighted by Crippen LogP contribution is 2.26. The first-order chi connectivity index (χ1) is 8.74. The molecular weight excluding hydrogens is 224 g/mol. The Labute approximate surface area is 107 Å². The number of aromatic nitrogens is 2. The van der Waals surface area contributed by atoms with Gasteiger partial charge in [-0.25, -0.2) is 4.98 Å². The Hall–Kier alpha value is -1.77. The Bertz CT molecular complexity index is 559. The predicted molar refractivity (Wildman–Crippen MR) is 70.8 cm³/mol. The summed E-state index contributed by atoms with van der Waals surface area (Å²) in [4.78, 5) is 4.69. The van der Waals surface area contributed by atoms with Gasteiger partial charge >= 0.3 is 0 Å². The van der Waals surface area contributed by atoms with Gasteiger partial charge in [-0.15, -0.1) is 0 Å². The largest absolute Gasteiger partial charge is 0.508 e. The number of phenols is 1. The van der Waals surface area contributed by atoms with Crippen molar-refractivity contribution in [3.05, 3.63) is 47.5 Å². The quantitative estimate of drug-likeness (QED) is 0.878. The third-order valence-corrected chi connectivity index (χ3v) is 3.72. The summed E-state index contributed by atoms with van der Waals surface area (Å²) in [5.41, 5.74) is 2.00. The summed E-state index contributed by atoms with van der Waals surface area (Å²) in [5, 5.41) is 9.79. The molecule has 1 aromatic carbocycles. The van der Waals surface area contributed by atoms with Crippen molar-refractivity contribution >= 4 is 0 Å². The predicted octanol–water partition coefficient (Wildman–Crippen LogP) is 3.08. The van der Waals surface area contributed by atoms with Gasteiger partial charge in [-0.05, 0) is 31.4 Å². The maximum absolute atomic E-state index is 9.79. The van der Waals surface area contributed by atoms with Crippen LogP contribution in [0.15, 0.2) is 30.5 Å². The van der Waals surface area contributed by atoms with E-state index in [-0.39, 0.29) is 0 Å². The van der Waals surface area contributed by atoms with Crippen molar-refractivity contribution in [3.63, 3.8) is 0 Å². The number of aromatic hydroxyl groups is 1. The number of benzene rings is 1. The molecule has 1 N–H and O–H groups in total. The fourth-order valence-corrected chi connectivity index (χ4v) is 2.69. The summed E-state index contributed by atoms with van der Waals surface area (Å²) in [6.45, 7) is 2.24. The average molecular weight is 242 g/mol. The fourth-order valence-electron chi connectivity index (χ4n) is 2.69. The molecular formula is C15H18N2O. The van der Waals surface area contributed by atoms with Crippen LogP contribution in [0.1, 0.15) is 42.9 Å². The van der Waals surface area contributed by atoms with Crippen molar-refractivity contribution in [3.8, 4) is 5.75 Å². The summed E-state index contributed by atoms with van der Waals surface area (Å²) in [6.07, 6.45) is 6.39. The lowest BCUT2D eigenvalue weighted by Gasteiger charge is -2.20. The molecule has 3 rings (SSSR count). The molecule has 18 heavy (non-hydrogen) atoms. The van der Waals surface area contributed by atoms with Crippen LogP contribution in [-0.2, 0) is 12.8 Å². The van der Waals surface area contributed by atoms with Crippen LogP contribution in [0.25, 0.3) is 0 Å². The van der Waals surface area contributed by atoms with Gasteiger partial charge in [0, 0.05) is 25.1 Å². The molecule has 0 radical (unpaired) electrons. The van der Waals surface area contributed by atoms with E-state index in [4.69, 9.17) is 0 Å². The molecule has 0 aliphatic carbocycles. The van der Waals surface area contributed by atoms with Crippen LogP contribution in [0.5, 0.6) is 5.75 Å². The van der Waals surface area contributed by atoms with Crippen LogP contribution in [-0.4, -0.2) is 14.7 Å². The van der Waals surface area contributed by atoms with Crippen LogP contribution in [0.2, 0.25) is 0 Å². The molecule has 1 aromatic heterocycles. The molecule has 1 aliphatic rings. The molecule has 0 saturated heterocycles. The second-order valence-corrected chi connectivity index (χ2v) is 5.10. The fraction of sp³-hybridized carbons (Fsp3) is 0.400. The number of nitrogens with zero attached hydrogens (tertiary/aromatic N) is 2. The molecule has 94 valence electrons. The molecule has 1 atom stereocenters. The SMILES string of the molecule is CC1CCCc2nc(Cc3ccccc3O)cn21. The molecule has 0 fully saturated rings. The minimum Gasteiger partial charge on any atom is -0.508 e. The number of aryl methyl sites for hydroxylation is 1. The number of phenolic OH excluding ortho intramolecular Hbond substituents is 1.